The molecular formula is C12H10N4. The van der Waals surface area contributed by atoms with Crippen LogP contribution in [0.5, 0.6) is 0 Å². The van der Waals surface area contributed by atoms with Crippen LogP contribution in [0.4, 0.5) is 5.69 Å². The summed E-state index contributed by atoms with van der Waals surface area (Å²) in [6, 6.07) is 11.6. The van der Waals surface area contributed by atoms with Gasteiger partial charge in [-0.25, -0.2) is 0 Å². The minimum Gasteiger partial charge on any atom is -0.399 e. The fraction of sp³-hybridized carbons (Fsp3) is 0. The van der Waals surface area contributed by atoms with Gasteiger partial charge >= 0.3 is 0 Å². The van der Waals surface area contributed by atoms with Crippen molar-refractivity contribution in [1.29, 1.82) is 0 Å². The standard InChI is InChI=1S/C12H10N4/c13-10-3-4-11-9(8-10)5-7-16(11)12-2-1-6-14-15-12/h1-8H,13H2. The van der Waals surface area contributed by atoms with Gasteiger partial charge in [-0.2, -0.15) is 5.10 Å². The molecule has 0 aliphatic heterocycles. The predicted molar refractivity (Wildman–Crippen MR) is 63.3 cm³/mol. The molecule has 4 heteroatoms. The highest BCUT2D eigenvalue weighted by Crippen LogP contribution is 2.21. The van der Waals surface area contributed by atoms with E-state index in [0.29, 0.717) is 0 Å². The van der Waals surface area contributed by atoms with E-state index in [9.17, 15) is 0 Å². The largest absolute Gasteiger partial charge is 0.399 e. The average molecular weight is 210 g/mol. The Bertz CT molecular complexity index is 628. The number of aromatic nitrogens is 3. The lowest BCUT2D eigenvalue weighted by Crippen LogP contribution is -1.96. The molecule has 2 heterocycles. The first-order valence-corrected chi connectivity index (χ1v) is 4.99. The third-order valence-electron chi connectivity index (χ3n) is 2.52. The number of rotatable bonds is 1. The van der Waals surface area contributed by atoms with E-state index in [0.717, 1.165) is 22.4 Å². The van der Waals surface area contributed by atoms with Crippen molar-refractivity contribution in [3.63, 3.8) is 0 Å². The van der Waals surface area contributed by atoms with Crippen LogP contribution >= 0.6 is 0 Å². The highest BCUT2D eigenvalue weighted by molar-refractivity contribution is 5.84. The monoisotopic (exact) mass is 210 g/mol. The smallest absolute Gasteiger partial charge is 0.159 e. The van der Waals surface area contributed by atoms with Crippen LogP contribution < -0.4 is 5.73 Å². The normalized spacial score (nSPS) is 10.8. The third-order valence-corrected chi connectivity index (χ3v) is 2.52. The zero-order chi connectivity index (χ0) is 11.0. The molecule has 16 heavy (non-hydrogen) atoms. The van der Waals surface area contributed by atoms with Gasteiger partial charge in [0, 0.05) is 23.5 Å². The molecule has 0 atom stereocenters. The molecule has 78 valence electrons. The second-order valence-electron chi connectivity index (χ2n) is 3.59. The molecule has 0 saturated heterocycles. The van der Waals surface area contributed by atoms with Gasteiger partial charge in [-0.15, -0.1) is 5.10 Å². The molecule has 0 radical (unpaired) electrons. The van der Waals surface area contributed by atoms with Gasteiger partial charge in [0.15, 0.2) is 5.82 Å². The van der Waals surface area contributed by atoms with Gasteiger partial charge in [0.25, 0.3) is 0 Å². The average Bonchev–Trinajstić information content (AvgIpc) is 2.73. The van der Waals surface area contributed by atoms with Gasteiger partial charge in [0.2, 0.25) is 0 Å². The highest BCUT2D eigenvalue weighted by Gasteiger charge is 2.03. The number of hydrogen-bond donors (Lipinski definition) is 1. The molecule has 0 unspecified atom stereocenters. The minimum absolute atomic E-state index is 0.768. The van der Waals surface area contributed by atoms with Crippen LogP contribution in [0.2, 0.25) is 0 Å². The lowest BCUT2D eigenvalue weighted by molar-refractivity contribution is 0.937. The maximum absolute atomic E-state index is 5.73. The van der Waals surface area contributed by atoms with E-state index in [1.807, 2.05) is 47.2 Å². The summed E-state index contributed by atoms with van der Waals surface area (Å²) in [6.45, 7) is 0. The predicted octanol–water partition coefficient (Wildman–Crippen LogP) is 2.00. The molecular weight excluding hydrogens is 200 g/mol. The third kappa shape index (κ3) is 1.32. The van der Waals surface area contributed by atoms with Crippen LogP contribution in [0.3, 0.4) is 0 Å². The van der Waals surface area contributed by atoms with E-state index >= 15 is 0 Å². The Morgan fingerprint density at radius 1 is 1.12 bits per heavy atom. The number of nitrogens with zero attached hydrogens (tertiary/aromatic N) is 3. The molecule has 0 fully saturated rings. The summed E-state index contributed by atoms with van der Waals surface area (Å²) < 4.78 is 1.99. The number of nitrogen functional groups attached to an aromatic ring is 1. The van der Waals surface area contributed by atoms with Crippen molar-refractivity contribution in [1.82, 2.24) is 14.8 Å². The SMILES string of the molecule is Nc1ccc2c(ccn2-c2cccnn2)c1. The van der Waals surface area contributed by atoms with Crippen LogP contribution in [0.1, 0.15) is 0 Å². The van der Waals surface area contributed by atoms with Crippen molar-refractivity contribution in [3.05, 3.63) is 48.8 Å². The summed E-state index contributed by atoms with van der Waals surface area (Å²) in [5, 5.41) is 9.05. The molecule has 0 spiro atoms. The zero-order valence-corrected chi connectivity index (χ0v) is 8.54. The van der Waals surface area contributed by atoms with Gasteiger partial charge < -0.3 is 5.73 Å². The Morgan fingerprint density at radius 2 is 2.06 bits per heavy atom. The maximum atomic E-state index is 5.73. The van der Waals surface area contributed by atoms with E-state index in [2.05, 4.69) is 10.2 Å². The van der Waals surface area contributed by atoms with E-state index in [4.69, 9.17) is 5.73 Å². The fourth-order valence-electron chi connectivity index (χ4n) is 1.78. The van der Waals surface area contributed by atoms with Crippen LogP contribution in [0.15, 0.2) is 48.8 Å². The molecule has 3 rings (SSSR count). The molecule has 0 saturated carbocycles. The first kappa shape index (κ1) is 8.91. The summed E-state index contributed by atoms with van der Waals surface area (Å²) in [5.74, 6) is 0.808. The van der Waals surface area contributed by atoms with Gasteiger partial charge in [-0.3, -0.25) is 4.57 Å². The van der Waals surface area contributed by atoms with Gasteiger partial charge in [-0.05, 0) is 36.4 Å². The zero-order valence-electron chi connectivity index (χ0n) is 8.54. The number of anilines is 1. The molecule has 1 aromatic carbocycles. The molecule has 0 amide bonds. The summed E-state index contributed by atoms with van der Waals surface area (Å²) >= 11 is 0. The van der Waals surface area contributed by atoms with Crippen molar-refractivity contribution in [2.24, 2.45) is 0 Å². The van der Waals surface area contributed by atoms with E-state index < -0.39 is 0 Å². The summed E-state index contributed by atoms with van der Waals surface area (Å²) in [6.07, 6.45) is 3.63. The van der Waals surface area contributed by atoms with E-state index in [-0.39, 0.29) is 0 Å². The number of benzene rings is 1. The maximum Gasteiger partial charge on any atom is 0.159 e. The number of fused-ring (bicyclic) bond motifs is 1. The van der Waals surface area contributed by atoms with Crippen LogP contribution in [-0.2, 0) is 0 Å². The first-order valence-electron chi connectivity index (χ1n) is 4.99. The topological polar surface area (TPSA) is 56.7 Å². The van der Waals surface area contributed by atoms with Crippen molar-refractivity contribution in [2.45, 2.75) is 0 Å². The number of nitrogens with two attached hydrogens (primary N) is 1. The fourth-order valence-corrected chi connectivity index (χ4v) is 1.78. The second-order valence-corrected chi connectivity index (χ2v) is 3.59. The molecule has 0 aliphatic rings. The summed E-state index contributed by atoms with van der Waals surface area (Å²) in [4.78, 5) is 0. The molecule has 3 aromatic rings. The summed E-state index contributed by atoms with van der Waals surface area (Å²) in [7, 11) is 0. The van der Waals surface area contributed by atoms with Crippen molar-refractivity contribution in [2.75, 3.05) is 5.73 Å². The van der Waals surface area contributed by atoms with E-state index in [1.165, 1.54) is 0 Å². The molecule has 2 N–H and O–H groups in total. The van der Waals surface area contributed by atoms with Crippen molar-refractivity contribution in [3.8, 4) is 5.82 Å². The Labute approximate surface area is 92.3 Å². The Morgan fingerprint density at radius 3 is 2.88 bits per heavy atom. The Kier molecular flexibility index (Phi) is 1.86. The minimum atomic E-state index is 0.768. The molecule has 0 aliphatic carbocycles. The van der Waals surface area contributed by atoms with Crippen LogP contribution in [0.25, 0.3) is 16.7 Å². The van der Waals surface area contributed by atoms with Gasteiger partial charge in [-0.1, -0.05) is 0 Å². The van der Waals surface area contributed by atoms with Crippen molar-refractivity contribution < 1.29 is 0 Å². The second kappa shape index (κ2) is 3.34. The molecule has 4 nitrogen and oxygen atoms in total. The highest BCUT2D eigenvalue weighted by atomic mass is 15.2. The van der Waals surface area contributed by atoms with Crippen LogP contribution in [0, 0.1) is 0 Å². The quantitative estimate of drug-likeness (QED) is 0.625. The number of hydrogen-bond acceptors (Lipinski definition) is 3. The Hall–Kier alpha value is -2.36. The van der Waals surface area contributed by atoms with Crippen LogP contribution in [-0.4, -0.2) is 14.8 Å². The lowest BCUT2D eigenvalue weighted by atomic mass is 10.2. The summed E-state index contributed by atoms with van der Waals surface area (Å²) in [5.41, 5.74) is 7.58. The lowest BCUT2D eigenvalue weighted by Gasteiger charge is -2.02. The van der Waals surface area contributed by atoms with Gasteiger partial charge in [0.05, 0.1) is 5.52 Å². The molecule has 0 bridgehead atoms. The first-order chi connectivity index (χ1) is 7.84. The van der Waals surface area contributed by atoms with E-state index in [1.54, 1.807) is 6.20 Å². The van der Waals surface area contributed by atoms with Gasteiger partial charge in [0.1, 0.15) is 0 Å². The molecule has 2 aromatic heterocycles. The Balaban J connectivity index is 2.26. The van der Waals surface area contributed by atoms with Crippen molar-refractivity contribution >= 4 is 16.6 Å².